The van der Waals surface area contributed by atoms with Gasteiger partial charge in [0.05, 0.1) is 6.61 Å². The third kappa shape index (κ3) is 5.68. The monoisotopic (exact) mass is 256 g/mol. The van der Waals surface area contributed by atoms with E-state index in [1.165, 1.54) is 32.2 Å². The van der Waals surface area contributed by atoms with Crippen LogP contribution in [0.5, 0.6) is 0 Å². The van der Waals surface area contributed by atoms with Crippen LogP contribution in [-0.4, -0.2) is 50.3 Å². The summed E-state index contributed by atoms with van der Waals surface area (Å²) in [5.41, 5.74) is 0. The molecule has 108 valence electrons. The molecule has 1 fully saturated rings. The van der Waals surface area contributed by atoms with Crippen molar-refractivity contribution in [3.63, 3.8) is 0 Å². The second-order valence-corrected chi connectivity index (χ2v) is 5.67. The van der Waals surface area contributed by atoms with Crippen LogP contribution in [-0.2, 0) is 4.74 Å². The summed E-state index contributed by atoms with van der Waals surface area (Å²) in [4.78, 5) is 2.63. The molecule has 0 bridgehead atoms. The van der Waals surface area contributed by atoms with Gasteiger partial charge in [-0.25, -0.2) is 0 Å². The highest BCUT2D eigenvalue weighted by Crippen LogP contribution is 2.27. The smallest absolute Gasteiger partial charge is 0.0589 e. The molecular weight excluding hydrogens is 224 g/mol. The van der Waals surface area contributed by atoms with Crippen molar-refractivity contribution >= 4 is 0 Å². The maximum Gasteiger partial charge on any atom is 0.0589 e. The van der Waals surface area contributed by atoms with Crippen LogP contribution in [0.1, 0.15) is 46.5 Å². The Bertz CT molecular complexity index is 207. The Morgan fingerprint density at radius 3 is 2.56 bits per heavy atom. The van der Waals surface area contributed by atoms with Crippen LogP contribution in [0.3, 0.4) is 0 Å². The van der Waals surface area contributed by atoms with Gasteiger partial charge < -0.3 is 10.1 Å². The molecule has 3 nitrogen and oxygen atoms in total. The van der Waals surface area contributed by atoms with E-state index in [4.69, 9.17) is 4.74 Å². The largest absolute Gasteiger partial charge is 0.383 e. The van der Waals surface area contributed by atoms with Crippen LogP contribution >= 0.6 is 0 Å². The standard InChI is InChI=1S/C15H32N2O/c1-5-9-16-15(13(3)6-2)12-17(10-11-18-4)14-7-8-14/h13-16H,5-12H2,1-4H3. The Kier molecular flexibility index (Phi) is 7.87. The second kappa shape index (κ2) is 8.89. The fourth-order valence-electron chi connectivity index (χ4n) is 2.38. The highest BCUT2D eigenvalue weighted by Gasteiger charge is 2.31. The molecule has 2 unspecified atom stereocenters. The zero-order valence-electron chi connectivity index (χ0n) is 12.7. The number of nitrogens with one attached hydrogen (secondary N) is 1. The summed E-state index contributed by atoms with van der Waals surface area (Å²) in [5.74, 6) is 0.750. The molecule has 2 atom stereocenters. The number of nitrogens with zero attached hydrogens (tertiary/aromatic N) is 1. The Labute approximate surface area is 113 Å². The zero-order chi connectivity index (χ0) is 13.4. The van der Waals surface area contributed by atoms with Gasteiger partial charge >= 0.3 is 0 Å². The molecule has 0 aromatic heterocycles. The Hall–Kier alpha value is -0.120. The fraction of sp³-hybridized carbons (Fsp3) is 1.00. The van der Waals surface area contributed by atoms with Gasteiger partial charge in [0.1, 0.15) is 0 Å². The number of methoxy groups -OCH3 is 1. The van der Waals surface area contributed by atoms with Gasteiger partial charge in [0.2, 0.25) is 0 Å². The molecule has 0 amide bonds. The Morgan fingerprint density at radius 2 is 2.06 bits per heavy atom. The first-order valence-corrected chi connectivity index (χ1v) is 7.69. The molecule has 0 heterocycles. The highest BCUT2D eigenvalue weighted by atomic mass is 16.5. The van der Waals surface area contributed by atoms with E-state index in [9.17, 15) is 0 Å². The number of hydrogen-bond acceptors (Lipinski definition) is 3. The van der Waals surface area contributed by atoms with E-state index in [0.29, 0.717) is 6.04 Å². The molecule has 1 aliphatic carbocycles. The summed E-state index contributed by atoms with van der Waals surface area (Å²) in [5, 5.41) is 3.73. The normalized spacial score (nSPS) is 19.2. The Balaban J connectivity index is 2.43. The molecule has 0 spiro atoms. The molecule has 0 aliphatic heterocycles. The van der Waals surface area contributed by atoms with Crippen molar-refractivity contribution < 1.29 is 4.74 Å². The molecular formula is C15H32N2O. The lowest BCUT2D eigenvalue weighted by atomic mass is 9.98. The van der Waals surface area contributed by atoms with E-state index in [0.717, 1.165) is 31.7 Å². The predicted molar refractivity (Wildman–Crippen MR) is 78.0 cm³/mol. The summed E-state index contributed by atoms with van der Waals surface area (Å²) < 4.78 is 5.24. The zero-order valence-corrected chi connectivity index (χ0v) is 12.7. The lowest BCUT2D eigenvalue weighted by Gasteiger charge is -2.31. The first-order chi connectivity index (χ1) is 8.72. The molecule has 1 saturated carbocycles. The van der Waals surface area contributed by atoms with Gasteiger partial charge in [-0.2, -0.15) is 0 Å². The maximum absolute atomic E-state index is 5.24. The summed E-state index contributed by atoms with van der Waals surface area (Å²) in [6, 6.07) is 1.46. The molecule has 0 saturated heterocycles. The predicted octanol–water partition coefficient (Wildman–Crippen LogP) is 2.51. The van der Waals surface area contributed by atoms with Crippen molar-refractivity contribution in [2.75, 3.05) is 33.4 Å². The van der Waals surface area contributed by atoms with Gasteiger partial charge in [0.25, 0.3) is 0 Å². The third-order valence-corrected chi connectivity index (χ3v) is 4.06. The quantitative estimate of drug-likeness (QED) is 0.615. The van der Waals surface area contributed by atoms with E-state index < -0.39 is 0 Å². The SMILES string of the molecule is CCCNC(CN(CCOC)C1CC1)C(C)CC. The van der Waals surface area contributed by atoms with Crippen LogP contribution in [0, 0.1) is 5.92 Å². The van der Waals surface area contributed by atoms with E-state index in [2.05, 4.69) is 31.0 Å². The molecule has 1 N–H and O–H groups in total. The van der Waals surface area contributed by atoms with Crippen molar-refractivity contribution in [1.29, 1.82) is 0 Å². The van der Waals surface area contributed by atoms with Gasteiger partial charge in [-0.05, 0) is 31.7 Å². The molecule has 1 aliphatic rings. The molecule has 1 rings (SSSR count). The Morgan fingerprint density at radius 1 is 1.33 bits per heavy atom. The van der Waals surface area contributed by atoms with Gasteiger partial charge in [-0.15, -0.1) is 0 Å². The lowest BCUT2D eigenvalue weighted by Crippen LogP contribution is -2.46. The minimum absolute atomic E-state index is 0.632. The summed E-state index contributed by atoms with van der Waals surface area (Å²) in [6.45, 7) is 11.2. The van der Waals surface area contributed by atoms with Gasteiger partial charge in [-0.1, -0.05) is 27.2 Å². The lowest BCUT2D eigenvalue weighted by molar-refractivity contribution is 0.128. The molecule has 0 radical (unpaired) electrons. The van der Waals surface area contributed by atoms with Crippen molar-refractivity contribution in [2.45, 2.75) is 58.5 Å². The topological polar surface area (TPSA) is 24.5 Å². The first-order valence-electron chi connectivity index (χ1n) is 7.69. The van der Waals surface area contributed by atoms with E-state index in [1.807, 2.05) is 0 Å². The van der Waals surface area contributed by atoms with Crippen LogP contribution in [0.15, 0.2) is 0 Å². The summed E-state index contributed by atoms with van der Waals surface area (Å²) in [6.07, 6.45) is 5.23. The van der Waals surface area contributed by atoms with Crippen molar-refractivity contribution in [1.82, 2.24) is 10.2 Å². The van der Waals surface area contributed by atoms with Crippen molar-refractivity contribution in [3.05, 3.63) is 0 Å². The maximum atomic E-state index is 5.24. The molecule has 0 aromatic rings. The van der Waals surface area contributed by atoms with Crippen molar-refractivity contribution in [3.8, 4) is 0 Å². The molecule has 18 heavy (non-hydrogen) atoms. The first kappa shape index (κ1) is 15.9. The average Bonchev–Trinajstić information content (AvgIpc) is 3.21. The van der Waals surface area contributed by atoms with E-state index in [1.54, 1.807) is 7.11 Å². The van der Waals surface area contributed by atoms with Gasteiger partial charge in [0, 0.05) is 32.3 Å². The summed E-state index contributed by atoms with van der Waals surface area (Å²) >= 11 is 0. The fourth-order valence-corrected chi connectivity index (χ4v) is 2.38. The minimum Gasteiger partial charge on any atom is -0.383 e. The minimum atomic E-state index is 0.632. The number of hydrogen-bond donors (Lipinski definition) is 1. The van der Waals surface area contributed by atoms with E-state index >= 15 is 0 Å². The second-order valence-electron chi connectivity index (χ2n) is 5.67. The number of ether oxygens (including phenoxy) is 1. The third-order valence-electron chi connectivity index (χ3n) is 4.06. The highest BCUT2D eigenvalue weighted by molar-refractivity contribution is 4.88. The van der Waals surface area contributed by atoms with Crippen LogP contribution in [0.4, 0.5) is 0 Å². The van der Waals surface area contributed by atoms with Crippen LogP contribution in [0.25, 0.3) is 0 Å². The van der Waals surface area contributed by atoms with Crippen molar-refractivity contribution in [2.24, 2.45) is 5.92 Å². The van der Waals surface area contributed by atoms with Crippen LogP contribution < -0.4 is 5.32 Å². The van der Waals surface area contributed by atoms with Gasteiger partial charge in [-0.3, -0.25) is 4.90 Å². The number of rotatable bonds is 11. The molecule has 3 heteroatoms. The summed E-state index contributed by atoms with van der Waals surface area (Å²) in [7, 11) is 1.80. The van der Waals surface area contributed by atoms with Gasteiger partial charge in [0.15, 0.2) is 0 Å². The van der Waals surface area contributed by atoms with E-state index in [-0.39, 0.29) is 0 Å². The molecule has 0 aromatic carbocycles. The van der Waals surface area contributed by atoms with Crippen LogP contribution in [0.2, 0.25) is 0 Å². The average molecular weight is 256 g/mol.